The lowest BCUT2D eigenvalue weighted by Crippen LogP contribution is -1.95. The predicted molar refractivity (Wildman–Crippen MR) is 69.9 cm³/mol. The molecule has 0 aliphatic rings. The van der Waals surface area contributed by atoms with Crippen LogP contribution in [0.2, 0.25) is 5.02 Å². The molecule has 2 aromatic rings. The molecule has 0 bridgehead atoms. The highest BCUT2D eigenvalue weighted by atomic mass is 79.9. The van der Waals surface area contributed by atoms with Crippen LogP contribution in [0, 0.1) is 5.82 Å². The summed E-state index contributed by atoms with van der Waals surface area (Å²) in [7, 11) is 0. The molecule has 88 valence electrons. The SMILES string of the molecule is Fc1ccc(COc2ccc(Br)cc2Cl)cc1. The zero-order valence-corrected chi connectivity index (χ0v) is 11.1. The largest absolute Gasteiger partial charge is 0.487 e. The van der Waals surface area contributed by atoms with Gasteiger partial charge in [-0.15, -0.1) is 0 Å². The average Bonchev–Trinajstić information content (AvgIpc) is 2.30. The molecule has 1 nitrogen and oxygen atoms in total. The predicted octanol–water partition coefficient (Wildman–Crippen LogP) is 4.82. The Bertz CT molecular complexity index is 513. The number of rotatable bonds is 3. The fraction of sp³-hybridized carbons (Fsp3) is 0.0769. The van der Waals surface area contributed by atoms with Crippen LogP contribution in [0.5, 0.6) is 5.75 Å². The summed E-state index contributed by atoms with van der Waals surface area (Å²) in [5, 5.41) is 0.543. The van der Waals surface area contributed by atoms with E-state index < -0.39 is 0 Å². The molecule has 0 radical (unpaired) electrons. The van der Waals surface area contributed by atoms with Crippen molar-refractivity contribution >= 4 is 27.5 Å². The van der Waals surface area contributed by atoms with Crippen molar-refractivity contribution in [3.05, 3.63) is 63.3 Å². The van der Waals surface area contributed by atoms with Gasteiger partial charge in [-0.05, 0) is 35.9 Å². The summed E-state index contributed by atoms with van der Waals surface area (Å²) in [6, 6.07) is 11.6. The van der Waals surface area contributed by atoms with Crippen LogP contribution < -0.4 is 4.74 Å². The Morgan fingerprint density at radius 1 is 1.12 bits per heavy atom. The van der Waals surface area contributed by atoms with Gasteiger partial charge >= 0.3 is 0 Å². The van der Waals surface area contributed by atoms with Crippen molar-refractivity contribution in [1.29, 1.82) is 0 Å². The minimum absolute atomic E-state index is 0.254. The van der Waals surface area contributed by atoms with Crippen LogP contribution in [0.25, 0.3) is 0 Å². The van der Waals surface area contributed by atoms with Crippen molar-refractivity contribution < 1.29 is 9.13 Å². The topological polar surface area (TPSA) is 9.23 Å². The summed E-state index contributed by atoms with van der Waals surface area (Å²) in [4.78, 5) is 0. The van der Waals surface area contributed by atoms with E-state index in [1.165, 1.54) is 12.1 Å². The van der Waals surface area contributed by atoms with Gasteiger partial charge in [-0.3, -0.25) is 0 Å². The first-order chi connectivity index (χ1) is 8.15. The van der Waals surface area contributed by atoms with E-state index in [0.29, 0.717) is 17.4 Å². The number of benzene rings is 2. The Labute approximate surface area is 112 Å². The van der Waals surface area contributed by atoms with Crippen LogP contribution in [0.4, 0.5) is 4.39 Å². The van der Waals surface area contributed by atoms with Gasteiger partial charge in [0.15, 0.2) is 0 Å². The smallest absolute Gasteiger partial charge is 0.138 e. The van der Waals surface area contributed by atoms with E-state index in [1.807, 2.05) is 6.07 Å². The molecule has 0 aliphatic carbocycles. The summed E-state index contributed by atoms with van der Waals surface area (Å²) in [6.07, 6.45) is 0. The van der Waals surface area contributed by atoms with E-state index in [0.717, 1.165) is 10.0 Å². The van der Waals surface area contributed by atoms with Gasteiger partial charge in [-0.25, -0.2) is 4.39 Å². The normalized spacial score (nSPS) is 10.3. The molecule has 0 atom stereocenters. The van der Waals surface area contributed by atoms with E-state index >= 15 is 0 Å². The molecule has 0 heterocycles. The second-order valence-electron chi connectivity index (χ2n) is 3.49. The molecule has 0 aliphatic heterocycles. The standard InChI is InChI=1S/C13H9BrClFO/c14-10-3-6-13(12(15)7-10)17-8-9-1-4-11(16)5-2-9/h1-7H,8H2. The lowest BCUT2D eigenvalue weighted by atomic mass is 10.2. The summed E-state index contributed by atoms with van der Waals surface area (Å²) in [5.41, 5.74) is 0.894. The van der Waals surface area contributed by atoms with Gasteiger partial charge in [-0.1, -0.05) is 39.7 Å². The van der Waals surface area contributed by atoms with Crippen molar-refractivity contribution in [3.8, 4) is 5.75 Å². The third-order valence-corrected chi connectivity index (χ3v) is 2.99. The van der Waals surface area contributed by atoms with Gasteiger partial charge in [0.25, 0.3) is 0 Å². The van der Waals surface area contributed by atoms with Crippen molar-refractivity contribution in [2.45, 2.75) is 6.61 Å². The van der Waals surface area contributed by atoms with E-state index in [1.54, 1.807) is 24.3 Å². The van der Waals surface area contributed by atoms with Crippen molar-refractivity contribution in [2.24, 2.45) is 0 Å². The van der Waals surface area contributed by atoms with E-state index in [4.69, 9.17) is 16.3 Å². The maximum Gasteiger partial charge on any atom is 0.138 e. The van der Waals surface area contributed by atoms with Crippen molar-refractivity contribution in [2.75, 3.05) is 0 Å². The molecule has 0 saturated heterocycles. The maximum atomic E-state index is 12.7. The van der Waals surface area contributed by atoms with Gasteiger partial charge < -0.3 is 4.74 Å². The van der Waals surface area contributed by atoms with Crippen LogP contribution in [0.3, 0.4) is 0 Å². The molecule has 0 amide bonds. The Morgan fingerprint density at radius 2 is 1.82 bits per heavy atom. The fourth-order valence-electron chi connectivity index (χ4n) is 1.33. The zero-order chi connectivity index (χ0) is 12.3. The Morgan fingerprint density at radius 3 is 2.47 bits per heavy atom. The van der Waals surface area contributed by atoms with Gasteiger partial charge in [0, 0.05) is 4.47 Å². The fourth-order valence-corrected chi connectivity index (χ4v) is 2.06. The van der Waals surface area contributed by atoms with E-state index in [2.05, 4.69) is 15.9 Å². The highest BCUT2D eigenvalue weighted by Crippen LogP contribution is 2.28. The average molecular weight is 316 g/mol. The van der Waals surface area contributed by atoms with Crippen LogP contribution >= 0.6 is 27.5 Å². The molecule has 0 spiro atoms. The Hall–Kier alpha value is -1.06. The van der Waals surface area contributed by atoms with Crippen LogP contribution in [-0.4, -0.2) is 0 Å². The third-order valence-electron chi connectivity index (χ3n) is 2.20. The van der Waals surface area contributed by atoms with Crippen LogP contribution in [0.15, 0.2) is 46.9 Å². The third kappa shape index (κ3) is 3.45. The molecule has 4 heteroatoms. The highest BCUT2D eigenvalue weighted by molar-refractivity contribution is 9.10. The molecule has 2 rings (SSSR count). The van der Waals surface area contributed by atoms with Gasteiger partial charge in [0.2, 0.25) is 0 Å². The van der Waals surface area contributed by atoms with E-state index in [-0.39, 0.29) is 5.82 Å². The molecule has 17 heavy (non-hydrogen) atoms. The summed E-state index contributed by atoms with van der Waals surface area (Å²) >= 11 is 9.32. The molecule has 0 saturated carbocycles. The second kappa shape index (κ2) is 5.52. The molecule has 0 unspecified atom stereocenters. The number of halogens is 3. The molecule has 0 fully saturated rings. The summed E-state index contributed by atoms with van der Waals surface area (Å²) in [5.74, 6) is 0.356. The molecule has 0 N–H and O–H groups in total. The Balaban J connectivity index is 2.04. The van der Waals surface area contributed by atoms with E-state index in [9.17, 15) is 4.39 Å². The van der Waals surface area contributed by atoms with Gasteiger partial charge in [0.1, 0.15) is 18.2 Å². The summed E-state index contributed by atoms with van der Waals surface area (Å²) in [6.45, 7) is 0.363. The monoisotopic (exact) mass is 314 g/mol. The maximum absolute atomic E-state index is 12.7. The number of ether oxygens (including phenoxy) is 1. The van der Waals surface area contributed by atoms with Crippen molar-refractivity contribution in [3.63, 3.8) is 0 Å². The first-order valence-corrected chi connectivity index (χ1v) is 6.14. The lowest BCUT2D eigenvalue weighted by Gasteiger charge is -2.08. The lowest BCUT2D eigenvalue weighted by molar-refractivity contribution is 0.306. The van der Waals surface area contributed by atoms with Gasteiger partial charge in [0.05, 0.1) is 5.02 Å². The first kappa shape index (κ1) is 12.4. The van der Waals surface area contributed by atoms with Crippen molar-refractivity contribution in [1.82, 2.24) is 0 Å². The van der Waals surface area contributed by atoms with Gasteiger partial charge in [-0.2, -0.15) is 0 Å². The number of hydrogen-bond acceptors (Lipinski definition) is 1. The van der Waals surface area contributed by atoms with Crippen LogP contribution in [0.1, 0.15) is 5.56 Å². The molecule has 0 aromatic heterocycles. The van der Waals surface area contributed by atoms with Crippen LogP contribution in [-0.2, 0) is 6.61 Å². The first-order valence-electron chi connectivity index (χ1n) is 4.97. The minimum atomic E-state index is -0.254. The minimum Gasteiger partial charge on any atom is -0.487 e. The quantitative estimate of drug-likeness (QED) is 0.789. The Kier molecular flexibility index (Phi) is 4.02. The number of hydrogen-bond donors (Lipinski definition) is 0. The summed E-state index contributed by atoms with van der Waals surface area (Å²) < 4.78 is 19.1. The molecular formula is C13H9BrClFO. The second-order valence-corrected chi connectivity index (χ2v) is 4.81. The zero-order valence-electron chi connectivity index (χ0n) is 8.79. The molecular weight excluding hydrogens is 306 g/mol. The molecule has 2 aromatic carbocycles. The highest BCUT2D eigenvalue weighted by Gasteiger charge is 2.02.